The van der Waals surface area contributed by atoms with Gasteiger partial charge in [-0.25, -0.2) is 14.8 Å². The van der Waals surface area contributed by atoms with Crippen LogP contribution in [0, 0.1) is 0 Å². The predicted molar refractivity (Wildman–Crippen MR) is 147 cm³/mol. The van der Waals surface area contributed by atoms with Crippen LogP contribution in [0.4, 0.5) is 4.79 Å². The Balaban J connectivity index is 1.52. The first kappa shape index (κ1) is 26.1. The molecule has 7 heteroatoms. The number of rotatable bonds is 9. The number of aromatic nitrogens is 2. The van der Waals surface area contributed by atoms with Crippen LogP contribution in [0.25, 0.3) is 33.3 Å². The van der Waals surface area contributed by atoms with Crippen LogP contribution < -0.4 is 15.8 Å². The molecule has 0 aliphatic heterocycles. The van der Waals surface area contributed by atoms with Gasteiger partial charge in [-0.1, -0.05) is 54.6 Å². The van der Waals surface area contributed by atoms with Gasteiger partial charge in [-0.05, 0) is 56.9 Å². The number of pyridine rings is 2. The Bertz CT molecular complexity index is 1330. The molecule has 0 aliphatic rings. The van der Waals surface area contributed by atoms with Crippen LogP contribution in [-0.4, -0.2) is 34.8 Å². The first-order valence-corrected chi connectivity index (χ1v) is 12.6. The SMILES string of the molecule is CC(C)(C)OC(=O)NCCCCOc1nccc2nc(-c3ccc(CN)cc3)c(-c3ccccc3)cc12. The Kier molecular flexibility index (Phi) is 8.36. The lowest BCUT2D eigenvalue weighted by molar-refractivity contribution is 0.0526. The van der Waals surface area contributed by atoms with Gasteiger partial charge in [0.05, 0.1) is 23.2 Å². The molecule has 0 aliphatic carbocycles. The van der Waals surface area contributed by atoms with Gasteiger partial charge in [-0.3, -0.25) is 0 Å². The number of nitrogens with two attached hydrogens (primary N) is 1. The molecule has 37 heavy (non-hydrogen) atoms. The van der Waals surface area contributed by atoms with Crippen molar-refractivity contribution in [3.05, 3.63) is 78.5 Å². The van der Waals surface area contributed by atoms with Crippen molar-refractivity contribution in [1.82, 2.24) is 15.3 Å². The van der Waals surface area contributed by atoms with Gasteiger partial charge in [0.2, 0.25) is 5.88 Å². The standard InChI is InChI=1S/C30H34N4O3/c1-30(2,3)37-29(35)33-16-7-8-18-36-28-25-19-24(22-9-5-4-6-10-22)27(34-26(25)15-17-32-28)23-13-11-21(20-31)12-14-23/h4-6,9-15,17,19H,7-8,16,18,20,31H2,1-3H3,(H,33,35). The summed E-state index contributed by atoms with van der Waals surface area (Å²) >= 11 is 0. The van der Waals surface area contributed by atoms with E-state index in [-0.39, 0.29) is 0 Å². The zero-order valence-electron chi connectivity index (χ0n) is 21.7. The third kappa shape index (κ3) is 7.05. The summed E-state index contributed by atoms with van der Waals surface area (Å²) in [6.45, 7) is 7.03. The summed E-state index contributed by atoms with van der Waals surface area (Å²) in [7, 11) is 0. The second-order valence-corrected chi connectivity index (χ2v) is 9.82. The zero-order valence-corrected chi connectivity index (χ0v) is 21.7. The second kappa shape index (κ2) is 11.8. The number of amides is 1. The van der Waals surface area contributed by atoms with E-state index >= 15 is 0 Å². The maximum absolute atomic E-state index is 11.8. The minimum atomic E-state index is -0.506. The predicted octanol–water partition coefficient (Wildman–Crippen LogP) is 6.11. The van der Waals surface area contributed by atoms with E-state index in [0.29, 0.717) is 25.6 Å². The fraction of sp³-hybridized carbons (Fsp3) is 0.300. The van der Waals surface area contributed by atoms with Crippen LogP contribution >= 0.6 is 0 Å². The highest BCUT2D eigenvalue weighted by molar-refractivity contribution is 5.93. The van der Waals surface area contributed by atoms with Crippen molar-refractivity contribution in [1.29, 1.82) is 0 Å². The molecular weight excluding hydrogens is 464 g/mol. The molecule has 0 saturated carbocycles. The van der Waals surface area contributed by atoms with E-state index in [9.17, 15) is 4.79 Å². The highest BCUT2D eigenvalue weighted by Gasteiger charge is 2.16. The normalized spacial score (nSPS) is 11.4. The molecule has 2 aromatic heterocycles. The lowest BCUT2D eigenvalue weighted by atomic mass is 9.97. The van der Waals surface area contributed by atoms with Crippen molar-refractivity contribution < 1.29 is 14.3 Å². The summed E-state index contributed by atoms with van der Waals surface area (Å²) in [5.74, 6) is 0.548. The molecule has 0 fully saturated rings. The minimum Gasteiger partial charge on any atom is -0.477 e. The van der Waals surface area contributed by atoms with Gasteiger partial charge in [0.25, 0.3) is 0 Å². The maximum Gasteiger partial charge on any atom is 0.407 e. The van der Waals surface area contributed by atoms with Crippen LogP contribution in [0.15, 0.2) is 72.9 Å². The average molecular weight is 499 g/mol. The summed E-state index contributed by atoms with van der Waals surface area (Å²) < 4.78 is 11.3. The topological polar surface area (TPSA) is 99.4 Å². The molecular formula is C30H34N4O3. The lowest BCUT2D eigenvalue weighted by Crippen LogP contribution is -2.33. The molecule has 1 amide bonds. The third-order valence-electron chi connectivity index (χ3n) is 5.73. The molecule has 4 rings (SSSR count). The molecule has 0 atom stereocenters. The number of ether oxygens (including phenoxy) is 2. The summed E-state index contributed by atoms with van der Waals surface area (Å²) in [4.78, 5) is 21.3. The largest absolute Gasteiger partial charge is 0.477 e. The number of alkyl carbamates (subject to hydrolysis) is 1. The molecule has 0 radical (unpaired) electrons. The van der Waals surface area contributed by atoms with Crippen LogP contribution in [0.1, 0.15) is 39.2 Å². The smallest absolute Gasteiger partial charge is 0.407 e. The average Bonchev–Trinajstić information content (AvgIpc) is 2.89. The van der Waals surface area contributed by atoms with Crippen LogP contribution in [0.5, 0.6) is 5.88 Å². The number of nitrogens with zero attached hydrogens (tertiary/aromatic N) is 2. The van der Waals surface area contributed by atoms with E-state index in [4.69, 9.17) is 20.2 Å². The number of hydrogen-bond acceptors (Lipinski definition) is 6. The monoisotopic (exact) mass is 498 g/mol. The molecule has 4 aromatic rings. The van der Waals surface area contributed by atoms with E-state index in [1.807, 2.05) is 57.2 Å². The Morgan fingerprint density at radius 3 is 2.43 bits per heavy atom. The highest BCUT2D eigenvalue weighted by atomic mass is 16.6. The van der Waals surface area contributed by atoms with Crippen molar-refractivity contribution in [3.63, 3.8) is 0 Å². The maximum atomic E-state index is 11.8. The summed E-state index contributed by atoms with van der Waals surface area (Å²) in [6.07, 6.45) is 2.84. The van der Waals surface area contributed by atoms with Crippen molar-refractivity contribution >= 4 is 17.0 Å². The molecule has 0 bridgehead atoms. The van der Waals surface area contributed by atoms with Crippen molar-refractivity contribution in [2.45, 2.75) is 45.8 Å². The van der Waals surface area contributed by atoms with E-state index in [1.165, 1.54) is 0 Å². The van der Waals surface area contributed by atoms with E-state index < -0.39 is 11.7 Å². The van der Waals surface area contributed by atoms with E-state index in [1.54, 1.807) is 6.20 Å². The van der Waals surface area contributed by atoms with Crippen LogP contribution in [0.2, 0.25) is 0 Å². The van der Waals surface area contributed by atoms with Gasteiger partial charge >= 0.3 is 6.09 Å². The molecule has 7 nitrogen and oxygen atoms in total. The molecule has 2 aromatic carbocycles. The number of benzene rings is 2. The van der Waals surface area contributed by atoms with Crippen molar-refractivity contribution in [2.24, 2.45) is 5.73 Å². The summed E-state index contributed by atoms with van der Waals surface area (Å²) in [6, 6.07) is 22.4. The van der Waals surface area contributed by atoms with Gasteiger partial charge in [0.15, 0.2) is 0 Å². The Morgan fingerprint density at radius 2 is 1.73 bits per heavy atom. The van der Waals surface area contributed by atoms with E-state index in [2.05, 4.69) is 40.6 Å². The highest BCUT2D eigenvalue weighted by Crippen LogP contribution is 2.35. The zero-order chi connectivity index (χ0) is 26.3. The number of nitrogens with one attached hydrogen (secondary N) is 1. The Hall–Kier alpha value is -3.97. The first-order chi connectivity index (χ1) is 17.8. The lowest BCUT2D eigenvalue weighted by Gasteiger charge is -2.19. The first-order valence-electron chi connectivity index (χ1n) is 12.6. The molecule has 0 saturated heterocycles. The van der Waals surface area contributed by atoms with Gasteiger partial charge in [0.1, 0.15) is 5.60 Å². The summed E-state index contributed by atoms with van der Waals surface area (Å²) in [5.41, 5.74) is 11.2. The fourth-order valence-electron chi connectivity index (χ4n) is 3.94. The molecule has 0 unspecified atom stereocenters. The molecule has 0 spiro atoms. The quantitative estimate of drug-likeness (QED) is 0.270. The Labute approximate surface area is 218 Å². The number of carbonyl (C=O) groups is 1. The minimum absolute atomic E-state index is 0.405. The number of carbonyl (C=O) groups excluding carboxylic acids is 1. The van der Waals surface area contributed by atoms with Crippen molar-refractivity contribution in [2.75, 3.05) is 13.2 Å². The van der Waals surface area contributed by atoms with Crippen molar-refractivity contribution in [3.8, 4) is 28.3 Å². The van der Waals surface area contributed by atoms with Gasteiger partial charge in [-0.15, -0.1) is 0 Å². The molecule has 192 valence electrons. The van der Waals surface area contributed by atoms with Gasteiger partial charge < -0.3 is 20.5 Å². The second-order valence-electron chi connectivity index (χ2n) is 9.82. The molecule has 2 heterocycles. The summed E-state index contributed by atoms with van der Waals surface area (Å²) in [5, 5.41) is 3.63. The van der Waals surface area contributed by atoms with Gasteiger partial charge in [-0.2, -0.15) is 0 Å². The van der Waals surface area contributed by atoms with E-state index in [0.717, 1.165) is 51.7 Å². The number of unbranched alkanes of at least 4 members (excludes halogenated alkanes) is 1. The van der Waals surface area contributed by atoms with Gasteiger partial charge in [0, 0.05) is 30.4 Å². The Morgan fingerprint density at radius 1 is 0.973 bits per heavy atom. The molecule has 3 N–H and O–H groups in total. The number of fused-ring (bicyclic) bond motifs is 1. The van der Waals surface area contributed by atoms with Crippen LogP contribution in [-0.2, 0) is 11.3 Å². The third-order valence-corrected chi connectivity index (χ3v) is 5.73. The number of hydrogen-bond donors (Lipinski definition) is 2. The van der Waals surface area contributed by atoms with Crippen LogP contribution in [0.3, 0.4) is 0 Å². The fourth-order valence-corrected chi connectivity index (χ4v) is 3.94.